The number of esters is 1. The van der Waals surface area contributed by atoms with Crippen molar-refractivity contribution in [2.45, 2.75) is 33.3 Å². The zero-order valence-corrected chi connectivity index (χ0v) is 13.4. The van der Waals surface area contributed by atoms with Crippen molar-refractivity contribution in [2.75, 3.05) is 0 Å². The van der Waals surface area contributed by atoms with Gasteiger partial charge in [-0.1, -0.05) is 24.1 Å². The molecule has 0 aromatic heterocycles. The Kier molecular flexibility index (Phi) is 4.37. The molecule has 0 aliphatic rings. The molecule has 0 unspecified atom stereocenters. The number of carbonyl (C=O) groups is 1. The molecule has 0 aliphatic carbocycles. The number of carbonyl (C=O) groups excluding carboxylic acids is 1. The topological polar surface area (TPSA) is 26.3 Å². The van der Waals surface area contributed by atoms with Gasteiger partial charge >= 0.3 is 5.97 Å². The van der Waals surface area contributed by atoms with Crippen molar-refractivity contribution in [3.05, 3.63) is 59.2 Å². The van der Waals surface area contributed by atoms with Crippen LogP contribution in [0.5, 0.6) is 0 Å². The maximum atomic E-state index is 12.0. The third-order valence-electron chi connectivity index (χ3n) is 3.23. The lowest BCUT2D eigenvalue weighted by Gasteiger charge is -2.19. The highest BCUT2D eigenvalue weighted by Crippen LogP contribution is 2.25. The van der Waals surface area contributed by atoms with Crippen LogP contribution in [0.1, 0.15) is 42.3 Å². The molecule has 112 valence electrons. The van der Waals surface area contributed by atoms with Gasteiger partial charge in [0.25, 0.3) is 0 Å². The third kappa shape index (κ3) is 3.77. The molecule has 22 heavy (non-hydrogen) atoms. The van der Waals surface area contributed by atoms with Crippen molar-refractivity contribution < 1.29 is 9.53 Å². The Balaban J connectivity index is 2.30. The number of hydrogen-bond acceptors (Lipinski definition) is 2. The fourth-order valence-electron chi connectivity index (χ4n) is 2.15. The molecule has 2 rings (SSSR count). The first-order chi connectivity index (χ1) is 10.3. The maximum absolute atomic E-state index is 12.0. The zero-order valence-electron chi connectivity index (χ0n) is 13.4. The van der Waals surface area contributed by atoms with Crippen molar-refractivity contribution in [1.82, 2.24) is 0 Å². The molecule has 2 nitrogen and oxygen atoms in total. The van der Waals surface area contributed by atoms with E-state index in [1.807, 2.05) is 58.0 Å². The smallest absolute Gasteiger partial charge is 0.338 e. The van der Waals surface area contributed by atoms with Crippen LogP contribution in [0.2, 0.25) is 0 Å². The average Bonchev–Trinajstić information content (AvgIpc) is 2.46. The van der Waals surface area contributed by atoms with Gasteiger partial charge in [-0.2, -0.15) is 0 Å². The summed E-state index contributed by atoms with van der Waals surface area (Å²) in [4.78, 5) is 12.0. The summed E-state index contributed by atoms with van der Waals surface area (Å²) in [6.07, 6.45) is 5.46. The first kappa shape index (κ1) is 15.9. The quantitative estimate of drug-likeness (QED) is 0.597. The number of rotatable bonds is 2. The SMILES string of the molecule is C#Cc1ccc(C)c(-c2ccc(C(=O)OC(C)(C)C)cc2)c1. The second-order valence-electron chi connectivity index (χ2n) is 6.25. The van der Waals surface area contributed by atoms with Crippen LogP contribution in [0, 0.1) is 19.3 Å². The minimum absolute atomic E-state index is 0.312. The molecule has 0 N–H and O–H groups in total. The Labute approximate surface area is 132 Å². The van der Waals surface area contributed by atoms with Crippen molar-refractivity contribution in [3.8, 4) is 23.5 Å². The Hall–Kier alpha value is -2.53. The molecule has 0 bridgehead atoms. The minimum Gasteiger partial charge on any atom is -0.456 e. The standard InChI is InChI=1S/C20H20O2/c1-6-15-8-7-14(2)18(13-15)16-9-11-17(12-10-16)19(21)22-20(3,4)5/h1,7-13H,2-5H3. The van der Waals surface area contributed by atoms with Crippen molar-refractivity contribution >= 4 is 5.97 Å². The summed E-state index contributed by atoms with van der Waals surface area (Å²) in [6.45, 7) is 7.60. The van der Waals surface area contributed by atoms with Crippen LogP contribution in [0.4, 0.5) is 0 Å². The highest BCUT2D eigenvalue weighted by molar-refractivity contribution is 5.90. The molecule has 2 heteroatoms. The number of aryl methyl sites for hydroxylation is 1. The molecule has 0 aliphatic heterocycles. The lowest BCUT2D eigenvalue weighted by molar-refractivity contribution is 0.00696. The molecular formula is C20H20O2. The van der Waals surface area contributed by atoms with E-state index in [0.717, 1.165) is 22.3 Å². The van der Waals surface area contributed by atoms with Gasteiger partial charge in [-0.25, -0.2) is 4.79 Å². The Bertz CT molecular complexity index is 726. The molecule has 2 aromatic rings. The monoisotopic (exact) mass is 292 g/mol. The van der Waals surface area contributed by atoms with E-state index in [2.05, 4.69) is 5.92 Å². The van der Waals surface area contributed by atoms with E-state index in [-0.39, 0.29) is 5.97 Å². The summed E-state index contributed by atoms with van der Waals surface area (Å²) in [5.41, 5.74) is 4.14. The number of ether oxygens (including phenoxy) is 1. The maximum Gasteiger partial charge on any atom is 0.338 e. The van der Waals surface area contributed by atoms with E-state index < -0.39 is 5.60 Å². The summed E-state index contributed by atoms with van der Waals surface area (Å²) in [5, 5.41) is 0. The van der Waals surface area contributed by atoms with Gasteiger partial charge < -0.3 is 4.74 Å². The summed E-state index contributed by atoms with van der Waals surface area (Å²) < 4.78 is 5.36. The van der Waals surface area contributed by atoms with E-state index in [4.69, 9.17) is 11.2 Å². The fourth-order valence-corrected chi connectivity index (χ4v) is 2.15. The molecule has 0 saturated carbocycles. The van der Waals surface area contributed by atoms with Crippen LogP contribution in [0.3, 0.4) is 0 Å². The minimum atomic E-state index is -0.493. The van der Waals surface area contributed by atoms with Crippen LogP contribution < -0.4 is 0 Å². The molecule has 0 radical (unpaired) electrons. The van der Waals surface area contributed by atoms with E-state index in [1.165, 1.54) is 0 Å². The summed E-state index contributed by atoms with van der Waals surface area (Å²) >= 11 is 0. The summed E-state index contributed by atoms with van der Waals surface area (Å²) in [6, 6.07) is 13.3. The van der Waals surface area contributed by atoms with Gasteiger partial charge in [-0.05, 0) is 68.7 Å². The van der Waals surface area contributed by atoms with Crippen LogP contribution in [-0.4, -0.2) is 11.6 Å². The Morgan fingerprint density at radius 1 is 1.09 bits per heavy atom. The van der Waals surface area contributed by atoms with Gasteiger partial charge in [-0.3, -0.25) is 0 Å². The predicted octanol–water partition coefficient (Wildman–Crippen LogP) is 4.60. The molecule has 0 atom stereocenters. The highest BCUT2D eigenvalue weighted by Gasteiger charge is 2.17. The van der Waals surface area contributed by atoms with E-state index in [0.29, 0.717) is 5.56 Å². The zero-order chi connectivity index (χ0) is 16.3. The first-order valence-electron chi connectivity index (χ1n) is 7.21. The molecule has 0 spiro atoms. The number of terminal acetylenes is 1. The second-order valence-corrected chi connectivity index (χ2v) is 6.25. The van der Waals surface area contributed by atoms with Gasteiger partial charge in [0.1, 0.15) is 5.60 Å². The first-order valence-corrected chi connectivity index (χ1v) is 7.21. The van der Waals surface area contributed by atoms with Crippen molar-refractivity contribution in [2.24, 2.45) is 0 Å². The van der Waals surface area contributed by atoms with Crippen LogP contribution in [0.25, 0.3) is 11.1 Å². The van der Waals surface area contributed by atoms with E-state index >= 15 is 0 Å². The summed E-state index contributed by atoms with van der Waals surface area (Å²) in [7, 11) is 0. The van der Waals surface area contributed by atoms with Gasteiger partial charge in [0.2, 0.25) is 0 Å². The molecule has 0 heterocycles. The van der Waals surface area contributed by atoms with Gasteiger partial charge in [0.05, 0.1) is 5.56 Å². The van der Waals surface area contributed by atoms with Crippen LogP contribution in [-0.2, 0) is 4.74 Å². The number of benzene rings is 2. The van der Waals surface area contributed by atoms with Crippen molar-refractivity contribution in [1.29, 1.82) is 0 Å². The van der Waals surface area contributed by atoms with E-state index in [9.17, 15) is 4.79 Å². The lowest BCUT2D eigenvalue weighted by atomic mass is 9.97. The lowest BCUT2D eigenvalue weighted by Crippen LogP contribution is -2.23. The Morgan fingerprint density at radius 3 is 2.27 bits per heavy atom. The molecule has 0 saturated heterocycles. The normalized spacial score (nSPS) is 10.9. The van der Waals surface area contributed by atoms with Crippen LogP contribution >= 0.6 is 0 Å². The third-order valence-corrected chi connectivity index (χ3v) is 3.23. The highest BCUT2D eigenvalue weighted by atomic mass is 16.6. The van der Waals surface area contributed by atoms with Gasteiger partial charge in [0, 0.05) is 5.56 Å². The average molecular weight is 292 g/mol. The van der Waals surface area contributed by atoms with Crippen LogP contribution in [0.15, 0.2) is 42.5 Å². The van der Waals surface area contributed by atoms with Gasteiger partial charge in [0.15, 0.2) is 0 Å². The molecular weight excluding hydrogens is 272 g/mol. The van der Waals surface area contributed by atoms with Gasteiger partial charge in [-0.15, -0.1) is 6.42 Å². The molecule has 0 amide bonds. The predicted molar refractivity (Wildman–Crippen MR) is 89.7 cm³/mol. The summed E-state index contributed by atoms with van der Waals surface area (Å²) in [5.74, 6) is 2.33. The number of hydrogen-bond donors (Lipinski definition) is 0. The van der Waals surface area contributed by atoms with Crippen molar-refractivity contribution in [3.63, 3.8) is 0 Å². The fraction of sp³-hybridized carbons (Fsp3) is 0.250. The van der Waals surface area contributed by atoms with E-state index in [1.54, 1.807) is 12.1 Å². The molecule has 2 aromatic carbocycles. The largest absolute Gasteiger partial charge is 0.456 e. The second kappa shape index (κ2) is 6.07. The molecule has 0 fully saturated rings. The Morgan fingerprint density at radius 2 is 1.73 bits per heavy atom.